The first-order valence-electron chi connectivity index (χ1n) is 11.0. The van der Waals surface area contributed by atoms with Gasteiger partial charge in [0.1, 0.15) is 0 Å². The molecule has 5 rings (SSSR count). The highest BCUT2D eigenvalue weighted by molar-refractivity contribution is 6.42. The molecule has 2 N–H and O–H groups in total. The number of halogens is 2. The van der Waals surface area contributed by atoms with Crippen molar-refractivity contribution in [2.24, 2.45) is 0 Å². The molecule has 0 amide bonds. The molecule has 0 saturated carbocycles. The van der Waals surface area contributed by atoms with E-state index in [9.17, 15) is 4.79 Å². The molecular formula is C27H24Cl2N2O. The number of anilines is 2. The summed E-state index contributed by atoms with van der Waals surface area (Å²) in [5.74, 6) is 0.269. The minimum absolute atomic E-state index is 0.129. The first-order chi connectivity index (χ1) is 15.5. The number of carbonyl (C=O) groups is 1. The van der Waals surface area contributed by atoms with Crippen LogP contribution in [-0.2, 0) is 11.2 Å². The van der Waals surface area contributed by atoms with Crippen molar-refractivity contribution in [2.75, 3.05) is 10.6 Å². The molecule has 1 aliphatic carbocycles. The van der Waals surface area contributed by atoms with Crippen molar-refractivity contribution in [3.05, 3.63) is 105 Å². The van der Waals surface area contributed by atoms with Crippen molar-refractivity contribution in [1.29, 1.82) is 0 Å². The van der Waals surface area contributed by atoms with E-state index in [0.717, 1.165) is 41.1 Å². The van der Waals surface area contributed by atoms with Gasteiger partial charge >= 0.3 is 0 Å². The number of nitrogens with one attached hydrogen (secondary N) is 2. The van der Waals surface area contributed by atoms with Gasteiger partial charge in [-0.15, -0.1) is 0 Å². The summed E-state index contributed by atoms with van der Waals surface area (Å²) in [6.07, 6.45) is 2.24. The Morgan fingerprint density at radius 1 is 0.906 bits per heavy atom. The second-order valence-electron chi connectivity index (χ2n) is 8.41. The molecule has 0 aromatic heterocycles. The van der Waals surface area contributed by atoms with Crippen molar-refractivity contribution in [1.82, 2.24) is 0 Å². The maximum absolute atomic E-state index is 13.6. The molecule has 3 aromatic carbocycles. The van der Waals surface area contributed by atoms with Gasteiger partial charge < -0.3 is 10.6 Å². The smallest absolute Gasteiger partial charge is 0.163 e. The van der Waals surface area contributed by atoms with Crippen LogP contribution in [0.25, 0.3) is 0 Å². The van der Waals surface area contributed by atoms with E-state index in [1.54, 1.807) is 6.07 Å². The molecule has 3 aromatic rings. The van der Waals surface area contributed by atoms with Crippen LogP contribution in [0.1, 0.15) is 48.4 Å². The zero-order chi connectivity index (χ0) is 22.2. The zero-order valence-corrected chi connectivity index (χ0v) is 19.3. The number of allylic oxidation sites excluding steroid dienone is 1. The van der Waals surface area contributed by atoms with E-state index in [1.807, 2.05) is 36.4 Å². The largest absolute Gasteiger partial charge is 0.372 e. The molecule has 2 atom stereocenters. The van der Waals surface area contributed by atoms with E-state index in [4.69, 9.17) is 23.2 Å². The molecule has 0 radical (unpaired) electrons. The lowest BCUT2D eigenvalue weighted by molar-refractivity contribution is -0.116. The standard InChI is InChI=1S/C27H24Cl2N2O/c1-2-16-10-12-17(13-11-16)18-14-23-25(24(32)15-18)27(19-6-5-7-20(28)26(19)29)31-22-9-4-3-8-21(22)30-23/h3-13,18,27,30-31H,2,14-15H2,1H3. The van der Waals surface area contributed by atoms with Crippen LogP contribution in [-0.4, -0.2) is 5.78 Å². The summed E-state index contributed by atoms with van der Waals surface area (Å²) in [5, 5.41) is 8.08. The molecule has 162 valence electrons. The SMILES string of the molecule is CCc1ccc(C2CC(=O)C3=C(C2)Nc2ccccc2NC3c2cccc(Cl)c2Cl)cc1. The zero-order valence-electron chi connectivity index (χ0n) is 17.8. The Balaban J connectivity index is 1.61. The molecule has 0 fully saturated rings. The predicted molar refractivity (Wildman–Crippen MR) is 133 cm³/mol. The van der Waals surface area contributed by atoms with E-state index < -0.39 is 0 Å². The topological polar surface area (TPSA) is 41.1 Å². The number of fused-ring (bicyclic) bond motifs is 1. The fourth-order valence-electron chi connectivity index (χ4n) is 4.73. The minimum atomic E-state index is -0.372. The summed E-state index contributed by atoms with van der Waals surface area (Å²) in [6.45, 7) is 2.15. The Kier molecular flexibility index (Phi) is 5.71. The van der Waals surface area contributed by atoms with Crippen molar-refractivity contribution in [3.8, 4) is 0 Å². The lowest BCUT2D eigenvalue weighted by Crippen LogP contribution is -2.27. The average Bonchev–Trinajstić information content (AvgIpc) is 2.97. The summed E-state index contributed by atoms with van der Waals surface area (Å²) >= 11 is 12.9. The van der Waals surface area contributed by atoms with Gasteiger partial charge in [0.2, 0.25) is 0 Å². The fourth-order valence-corrected chi connectivity index (χ4v) is 5.15. The molecule has 5 heteroatoms. The summed E-state index contributed by atoms with van der Waals surface area (Å²) in [6, 6.07) is 21.9. The van der Waals surface area contributed by atoms with Crippen LogP contribution in [0, 0.1) is 0 Å². The summed E-state index contributed by atoms with van der Waals surface area (Å²) in [5.41, 5.74) is 6.89. The van der Waals surface area contributed by atoms with E-state index in [1.165, 1.54) is 11.1 Å². The van der Waals surface area contributed by atoms with Crippen LogP contribution < -0.4 is 10.6 Å². The predicted octanol–water partition coefficient (Wildman–Crippen LogP) is 7.54. The Morgan fingerprint density at radius 2 is 1.66 bits per heavy atom. The third-order valence-corrected chi connectivity index (χ3v) is 7.29. The first kappa shape index (κ1) is 21.1. The number of ketones is 1. The summed E-state index contributed by atoms with van der Waals surface area (Å²) in [7, 11) is 0. The first-order valence-corrected chi connectivity index (χ1v) is 11.7. The third kappa shape index (κ3) is 3.80. The molecule has 3 nitrogen and oxygen atoms in total. The molecule has 1 heterocycles. The lowest BCUT2D eigenvalue weighted by Gasteiger charge is -2.30. The molecule has 0 saturated heterocycles. The molecule has 32 heavy (non-hydrogen) atoms. The van der Waals surface area contributed by atoms with E-state index in [-0.39, 0.29) is 17.7 Å². The van der Waals surface area contributed by atoms with Crippen LogP contribution in [0.4, 0.5) is 11.4 Å². The lowest BCUT2D eigenvalue weighted by atomic mass is 9.78. The third-order valence-electron chi connectivity index (χ3n) is 6.46. The minimum Gasteiger partial charge on any atom is -0.372 e. The number of hydrogen-bond donors (Lipinski definition) is 2. The van der Waals surface area contributed by atoms with Gasteiger partial charge in [0.25, 0.3) is 0 Å². The monoisotopic (exact) mass is 462 g/mol. The van der Waals surface area contributed by atoms with E-state index >= 15 is 0 Å². The highest BCUT2D eigenvalue weighted by Crippen LogP contribution is 2.46. The molecule has 0 spiro atoms. The van der Waals surface area contributed by atoms with Crippen LogP contribution in [0.15, 0.2) is 78.0 Å². The Morgan fingerprint density at radius 3 is 2.41 bits per heavy atom. The second-order valence-corrected chi connectivity index (χ2v) is 9.19. The van der Waals surface area contributed by atoms with Crippen molar-refractivity contribution >= 4 is 40.4 Å². The summed E-state index contributed by atoms with van der Waals surface area (Å²) in [4.78, 5) is 13.6. The van der Waals surface area contributed by atoms with Gasteiger partial charge in [0, 0.05) is 17.7 Å². The Hall–Kier alpha value is -2.75. The van der Waals surface area contributed by atoms with Gasteiger partial charge in [-0.2, -0.15) is 0 Å². The molecule has 2 unspecified atom stereocenters. The van der Waals surface area contributed by atoms with Gasteiger partial charge in [-0.3, -0.25) is 4.79 Å². The maximum Gasteiger partial charge on any atom is 0.163 e. The number of Topliss-reactive ketones (excluding diaryl/α,β-unsaturated/α-hetero) is 1. The van der Waals surface area contributed by atoms with E-state index in [0.29, 0.717) is 16.5 Å². The van der Waals surface area contributed by atoms with Crippen LogP contribution in [0.3, 0.4) is 0 Å². The van der Waals surface area contributed by atoms with Crippen molar-refractivity contribution in [3.63, 3.8) is 0 Å². The van der Waals surface area contributed by atoms with Crippen LogP contribution >= 0.6 is 23.2 Å². The normalized spacial score (nSPS) is 20.0. The van der Waals surface area contributed by atoms with Gasteiger partial charge in [-0.05, 0) is 53.6 Å². The maximum atomic E-state index is 13.6. The fraction of sp³-hybridized carbons (Fsp3) is 0.222. The number of carbonyl (C=O) groups excluding carboxylic acids is 1. The van der Waals surface area contributed by atoms with Crippen LogP contribution in [0.2, 0.25) is 10.0 Å². The Labute approximate surface area is 198 Å². The van der Waals surface area contributed by atoms with E-state index in [2.05, 4.69) is 41.8 Å². The molecule has 1 aliphatic heterocycles. The van der Waals surface area contributed by atoms with Crippen molar-refractivity contribution < 1.29 is 4.79 Å². The van der Waals surface area contributed by atoms with Crippen LogP contribution in [0.5, 0.6) is 0 Å². The molecular weight excluding hydrogens is 439 g/mol. The summed E-state index contributed by atoms with van der Waals surface area (Å²) < 4.78 is 0. The second kappa shape index (κ2) is 8.65. The van der Waals surface area contributed by atoms with Gasteiger partial charge in [0.15, 0.2) is 5.78 Å². The number of benzene rings is 3. The highest BCUT2D eigenvalue weighted by Gasteiger charge is 2.36. The average molecular weight is 463 g/mol. The highest BCUT2D eigenvalue weighted by atomic mass is 35.5. The quantitative estimate of drug-likeness (QED) is 0.422. The molecule has 0 bridgehead atoms. The Bertz CT molecular complexity index is 1220. The van der Waals surface area contributed by atoms with Gasteiger partial charge in [0.05, 0.1) is 27.5 Å². The van der Waals surface area contributed by atoms with Gasteiger partial charge in [-0.1, -0.05) is 78.7 Å². The number of rotatable bonds is 3. The number of para-hydroxylation sites is 2. The number of aryl methyl sites for hydroxylation is 1. The van der Waals surface area contributed by atoms with Crippen molar-refractivity contribution in [2.45, 2.75) is 38.1 Å². The number of hydrogen-bond acceptors (Lipinski definition) is 3. The molecule has 2 aliphatic rings. The van der Waals surface area contributed by atoms with Gasteiger partial charge in [-0.25, -0.2) is 0 Å².